The van der Waals surface area contributed by atoms with E-state index in [-0.39, 0.29) is 5.54 Å². The molecule has 2 nitrogen and oxygen atoms in total. The fourth-order valence-electron chi connectivity index (χ4n) is 2.90. The molecule has 1 aromatic rings. The molecule has 0 bridgehead atoms. The van der Waals surface area contributed by atoms with E-state index in [1.165, 1.54) is 36.1 Å². The molecule has 0 amide bonds. The van der Waals surface area contributed by atoms with Crippen molar-refractivity contribution in [3.63, 3.8) is 0 Å². The van der Waals surface area contributed by atoms with Crippen LogP contribution in [0.5, 0.6) is 0 Å². The fraction of sp³-hybridized carbons (Fsp3) is 0.647. The number of aryl methyl sites for hydroxylation is 2. The van der Waals surface area contributed by atoms with Crippen LogP contribution in [0.3, 0.4) is 0 Å². The van der Waals surface area contributed by atoms with Gasteiger partial charge in [-0.05, 0) is 57.8 Å². The van der Waals surface area contributed by atoms with E-state index in [2.05, 4.69) is 56.1 Å². The second kappa shape index (κ2) is 6.06. The lowest BCUT2D eigenvalue weighted by Crippen LogP contribution is -2.48. The van der Waals surface area contributed by atoms with Crippen molar-refractivity contribution in [3.8, 4) is 0 Å². The van der Waals surface area contributed by atoms with Crippen LogP contribution in [0.25, 0.3) is 0 Å². The predicted molar refractivity (Wildman–Crippen MR) is 82.5 cm³/mol. The third-order valence-electron chi connectivity index (χ3n) is 4.45. The summed E-state index contributed by atoms with van der Waals surface area (Å²) in [6.07, 6.45) is 2.44. The van der Waals surface area contributed by atoms with Gasteiger partial charge in [-0.2, -0.15) is 0 Å². The van der Waals surface area contributed by atoms with Gasteiger partial charge in [-0.1, -0.05) is 30.7 Å². The molecule has 19 heavy (non-hydrogen) atoms. The number of hydrogen-bond donors (Lipinski definition) is 1. The zero-order valence-electron chi connectivity index (χ0n) is 12.9. The molecule has 1 aliphatic rings. The van der Waals surface area contributed by atoms with Crippen LogP contribution in [-0.4, -0.2) is 30.1 Å². The Hall–Kier alpha value is -0.860. The fourth-order valence-corrected chi connectivity index (χ4v) is 2.90. The van der Waals surface area contributed by atoms with Crippen molar-refractivity contribution in [1.82, 2.24) is 10.2 Å². The van der Waals surface area contributed by atoms with Gasteiger partial charge in [0.05, 0.1) is 0 Å². The van der Waals surface area contributed by atoms with Crippen molar-refractivity contribution in [2.45, 2.75) is 52.6 Å². The highest BCUT2D eigenvalue weighted by molar-refractivity contribution is 5.30. The summed E-state index contributed by atoms with van der Waals surface area (Å²) in [6.45, 7) is 13.6. The average molecular weight is 260 g/mol. The standard InChI is InChI=1S/C17H28N2/c1-5-17(4)13-19(10-6-9-18-17)12-16-11-14(2)7-8-15(16)3/h7-8,11,18H,5-6,9-10,12-13H2,1-4H3. The molecule has 2 heteroatoms. The average Bonchev–Trinajstić information content (AvgIpc) is 2.56. The summed E-state index contributed by atoms with van der Waals surface area (Å²) in [5, 5.41) is 3.71. The molecule has 1 saturated heterocycles. The van der Waals surface area contributed by atoms with Crippen molar-refractivity contribution in [2.24, 2.45) is 0 Å². The summed E-state index contributed by atoms with van der Waals surface area (Å²) in [4.78, 5) is 2.62. The Morgan fingerprint density at radius 2 is 2.11 bits per heavy atom. The van der Waals surface area contributed by atoms with Gasteiger partial charge in [0.2, 0.25) is 0 Å². The lowest BCUT2D eigenvalue weighted by molar-refractivity contribution is 0.208. The molecule has 0 saturated carbocycles. The minimum Gasteiger partial charge on any atom is -0.310 e. The maximum Gasteiger partial charge on any atom is 0.0277 e. The molecule has 0 radical (unpaired) electrons. The van der Waals surface area contributed by atoms with Crippen LogP contribution in [0.2, 0.25) is 0 Å². The van der Waals surface area contributed by atoms with E-state index in [1.54, 1.807) is 0 Å². The lowest BCUT2D eigenvalue weighted by atomic mass is 9.98. The van der Waals surface area contributed by atoms with Crippen LogP contribution < -0.4 is 5.32 Å². The van der Waals surface area contributed by atoms with Gasteiger partial charge in [-0.15, -0.1) is 0 Å². The quantitative estimate of drug-likeness (QED) is 0.897. The first-order chi connectivity index (χ1) is 9.02. The molecule has 0 aliphatic carbocycles. The molecule has 2 rings (SSSR count). The van der Waals surface area contributed by atoms with E-state index in [0.717, 1.165) is 19.6 Å². The Balaban J connectivity index is 2.10. The lowest BCUT2D eigenvalue weighted by Gasteiger charge is -2.33. The Kier molecular flexibility index (Phi) is 4.64. The van der Waals surface area contributed by atoms with Gasteiger partial charge in [0, 0.05) is 18.6 Å². The summed E-state index contributed by atoms with van der Waals surface area (Å²) in [5.74, 6) is 0. The van der Waals surface area contributed by atoms with Crippen LogP contribution in [0, 0.1) is 13.8 Å². The Labute approximate surface area is 118 Å². The Morgan fingerprint density at radius 1 is 1.32 bits per heavy atom. The molecule has 1 heterocycles. The first-order valence-electron chi connectivity index (χ1n) is 7.56. The molecular formula is C17H28N2. The van der Waals surface area contributed by atoms with Gasteiger partial charge >= 0.3 is 0 Å². The normalized spacial score (nSPS) is 25.3. The van der Waals surface area contributed by atoms with Crippen LogP contribution in [0.15, 0.2) is 18.2 Å². The number of benzene rings is 1. The summed E-state index contributed by atoms with van der Waals surface area (Å²) < 4.78 is 0. The van der Waals surface area contributed by atoms with Crippen molar-refractivity contribution < 1.29 is 0 Å². The van der Waals surface area contributed by atoms with Gasteiger partial charge in [-0.25, -0.2) is 0 Å². The minimum absolute atomic E-state index is 0.272. The molecule has 1 aliphatic heterocycles. The highest BCUT2D eigenvalue weighted by Crippen LogP contribution is 2.19. The van der Waals surface area contributed by atoms with Gasteiger partial charge < -0.3 is 5.32 Å². The van der Waals surface area contributed by atoms with Crippen molar-refractivity contribution in [3.05, 3.63) is 34.9 Å². The molecule has 0 spiro atoms. The van der Waals surface area contributed by atoms with Crippen molar-refractivity contribution >= 4 is 0 Å². The number of nitrogens with one attached hydrogen (secondary N) is 1. The third kappa shape index (κ3) is 3.80. The summed E-state index contributed by atoms with van der Waals surface area (Å²) in [7, 11) is 0. The third-order valence-corrected chi connectivity index (χ3v) is 4.45. The van der Waals surface area contributed by atoms with Crippen LogP contribution in [0.1, 0.15) is 43.4 Å². The minimum atomic E-state index is 0.272. The molecule has 1 atom stereocenters. The molecule has 1 N–H and O–H groups in total. The van der Waals surface area contributed by atoms with Crippen LogP contribution >= 0.6 is 0 Å². The molecule has 106 valence electrons. The second-order valence-corrected chi connectivity index (χ2v) is 6.34. The van der Waals surface area contributed by atoms with Gasteiger partial charge in [0.15, 0.2) is 0 Å². The highest BCUT2D eigenvalue weighted by atomic mass is 15.2. The SMILES string of the molecule is CCC1(C)CN(Cc2cc(C)ccc2C)CCCN1. The topological polar surface area (TPSA) is 15.3 Å². The largest absolute Gasteiger partial charge is 0.310 e. The van der Waals surface area contributed by atoms with Crippen LogP contribution in [0.4, 0.5) is 0 Å². The van der Waals surface area contributed by atoms with Crippen LogP contribution in [-0.2, 0) is 6.54 Å². The van der Waals surface area contributed by atoms with Crippen molar-refractivity contribution in [1.29, 1.82) is 0 Å². The van der Waals surface area contributed by atoms with E-state index in [1.807, 2.05) is 0 Å². The van der Waals surface area contributed by atoms with E-state index in [4.69, 9.17) is 0 Å². The van der Waals surface area contributed by atoms with E-state index in [0.29, 0.717) is 0 Å². The second-order valence-electron chi connectivity index (χ2n) is 6.34. The maximum atomic E-state index is 3.71. The van der Waals surface area contributed by atoms with Crippen molar-refractivity contribution in [2.75, 3.05) is 19.6 Å². The zero-order valence-corrected chi connectivity index (χ0v) is 12.9. The Bertz CT molecular complexity index is 427. The molecule has 0 aromatic heterocycles. The zero-order chi connectivity index (χ0) is 13.9. The maximum absolute atomic E-state index is 3.71. The number of rotatable bonds is 3. The first kappa shape index (κ1) is 14.5. The number of hydrogen-bond acceptors (Lipinski definition) is 2. The molecule has 1 fully saturated rings. The smallest absolute Gasteiger partial charge is 0.0277 e. The highest BCUT2D eigenvalue weighted by Gasteiger charge is 2.27. The van der Waals surface area contributed by atoms with Gasteiger partial charge in [0.25, 0.3) is 0 Å². The van der Waals surface area contributed by atoms with E-state index >= 15 is 0 Å². The molecular weight excluding hydrogens is 232 g/mol. The summed E-state index contributed by atoms with van der Waals surface area (Å²) in [5.41, 5.74) is 4.54. The van der Waals surface area contributed by atoms with Gasteiger partial charge in [-0.3, -0.25) is 4.90 Å². The predicted octanol–water partition coefficient (Wildman–Crippen LogP) is 3.27. The summed E-state index contributed by atoms with van der Waals surface area (Å²) >= 11 is 0. The monoisotopic (exact) mass is 260 g/mol. The first-order valence-corrected chi connectivity index (χ1v) is 7.56. The molecule has 1 unspecified atom stereocenters. The van der Waals surface area contributed by atoms with E-state index < -0.39 is 0 Å². The Morgan fingerprint density at radius 3 is 2.84 bits per heavy atom. The molecule has 1 aromatic carbocycles. The number of nitrogens with zero attached hydrogens (tertiary/aromatic N) is 1. The van der Waals surface area contributed by atoms with Gasteiger partial charge in [0.1, 0.15) is 0 Å². The van der Waals surface area contributed by atoms with E-state index in [9.17, 15) is 0 Å². The summed E-state index contributed by atoms with van der Waals surface area (Å²) in [6, 6.07) is 6.80.